The summed E-state index contributed by atoms with van der Waals surface area (Å²) in [7, 11) is 0. The number of aliphatic carboxylic acids is 1. The van der Waals surface area contributed by atoms with E-state index in [1.807, 2.05) is 4.90 Å². The SMILES string of the molecule is O=C(O)CC1CN(CC(=O)Nc2cc(Cl)c(Cl)cc2Cl)C1. The predicted octanol–water partition coefficient (Wildman–Crippen LogP) is 2.99. The van der Waals surface area contributed by atoms with Crippen LogP contribution in [0.1, 0.15) is 6.42 Å². The summed E-state index contributed by atoms with van der Waals surface area (Å²) in [5, 5.41) is 12.3. The number of likely N-dealkylation sites (tertiary alicyclic amines) is 1. The summed E-state index contributed by atoms with van der Waals surface area (Å²) in [5.74, 6) is -0.931. The monoisotopic (exact) mass is 350 g/mol. The van der Waals surface area contributed by atoms with Crippen LogP contribution < -0.4 is 5.32 Å². The molecule has 0 saturated carbocycles. The Kier molecular flexibility index (Phi) is 5.32. The van der Waals surface area contributed by atoms with Crippen LogP contribution in [-0.2, 0) is 9.59 Å². The number of nitrogens with one attached hydrogen (secondary N) is 1. The maximum Gasteiger partial charge on any atom is 0.303 e. The summed E-state index contributed by atoms with van der Waals surface area (Å²) >= 11 is 17.7. The zero-order valence-electron chi connectivity index (χ0n) is 10.9. The van der Waals surface area contributed by atoms with Crippen molar-refractivity contribution in [3.05, 3.63) is 27.2 Å². The third kappa shape index (κ3) is 4.48. The quantitative estimate of drug-likeness (QED) is 0.800. The van der Waals surface area contributed by atoms with Crippen molar-refractivity contribution in [2.45, 2.75) is 6.42 Å². The van der Waals surface area contributed by atoms with Crippen molar-refractivity contribution in [3.63, 3.8) is 0 Å². The average molecular weight is 352 g/mol. The molecule has 0 atom stereocenters. The molecule has 1 aromatic rings. The lowest BCUT2D eigenvalue weighted by Gasteiger charge is -2.37. The molecule has 2 rings (SSSR count). The number of amides is 1. The number of benzene rings is 1. The van der Waals surface area contributed by atoms with Crippen LogP contribution in [0.4, 0.5) is 5.69 Å². The Balaban J connectivity index is 1.84. The van der Waals surface area contributed by atoms with Crippen LogP contribution in [0.2, 0.25) is 15.1 Å². The van der Waals surface area contributed by atoms with Gasteiger partial charge < -0.3 is 10.4 Å². The molecule has 0 aromatic heterocycles. The highest BCUT2D eigenvalue weighted by molar-refractivity contribution is 6.44. The number of carboxylic acids is 1. The van der Waals surface area contributed by atoms with Crippen molar-refractivity contribution >= 4 is 52.4 Å². The van der Waals surface area contributed by atoms with Gasteiger partial charge in [-0.25, -0.2) is 0 Å². The summed E-state index contributed by atoms with van der Waals surface area (Å²) in [4.78, 5) is 24.3. The Morgan fingerprint density at radius 1 is 1.19 bits per heavy atom. The lowest BCUT2D eigenvalue weighted by Crippen LogP contribution is -2.50. The Hall–Kier alpha value is -1.01. The van der Waals surface area contributed by atoms with Gasteiger partial charge in [0.2, 0.25) is 5.91 Å². The zero-order valence-corrected chi connectivity index (χ0v) is 13.2. The second-order valence-electron chi connectivity index (χ2n) is 4.95. The van der Waals surface area contributed by atoms with Crippen molar-refractivity contribution in [1.29, 1.82) is 0 Å². The molecule has 0 radical (unpaired) electrons. The number of hydrogen-bond acceptors (Lipinski definition) is 3. The molecule has 5 nitrogen and oxygen atoms in total. The lowest BCUT2D eigenvalue weighted by molar-refractivity contribution is -0.139. The van der Waals surface area contributed by atoms with Crippen molar-refractivity contribution in [2.24, 2.45) is 5.92 Å². The van der Waals surface area contributed by atoms with Gasteiger partial charge in [-0.15, -0.1) is 0 Å². The smallest absolute Gasteiger partial charge is 0.303 e. The summed E-state index contributed by atoms with van der Waals surface area (Å²) in [6.07, 6.45) is 0.136. The van der Waals surface area contributed by atoms with Crippen LogP contribution in [0, 0.1) is 5.92 Å². The van der Waals surface area contributed by atoms with Crippen molar-refractivity contribution < 1.29 is 14.7 Å². The van der Waals surface area contributed by atoms with E-state index in [1.165, 1.54) is 12.1 Å². The molecule has 1 saturated heterocycles. The molecule has 0 unspecified atom stereocenters. The molecule has 1 aliphatic heterocycles. The van der Waals surface area contributed by atoms with E-state index in [2.05, 4.69) is 5.32 Å². The highest BCUT2D eigenvalue weighted by Gasteiger charge is 2.29. The van der Waals surface area contributed by atoms with E-state index in [9.17, 15) is 9.59 Å². The van der Waals surface area contributed by atoms with Gasteiger partial charge in [0.05, 0.1) is 33.7 Å². The van der Waals surface area contributed by atoms with Crippen LogP contribution in [0.15, 0.2) is 12.1 Å². The number of anilines is 1. The summed E-state index contributed by atoms with van der Waals surface area (Å²) < 4.78 is 0. The number of halogens is 3. The molecule has 1 fully saturated rings. The molecule has 0 spiro atoms. The minimum Gasteiger partial charge on any atom is -0.481 e. The zero-order chi connectivity index (χ0) is 15.6. The molecule has 0 bridgehead atoms. The third-order valence-corrected chi connectivity index (χ3v) is 4.18. The van der Waals surface area contributed by atoms with E-state index in [0.29, 0.717) is 33.8 Å². The fourth-order valence-electron chi connectivity index (χ4n) is 2.19. The molecule has 114 valence electrons. The van der Waals surface area contributed by atoms with E-state index in [1.54, 1.807) is 0 Å². The van der Waals surface area contributed by atoms with E-state index in [4.69, 9.17) is 39.9 Å². The Bertz CT molecular complexity index is 574. The van der Waals surface area contributed by atoms with Gasteiger partial charge >= 0.3 is 5.97 Å². The highest BCUT2D eigenvalue weighted by atomic mass is 35.5. The molecule has 2 N–H and O–H groups in total. The second kappa shape index (κ2) is 6.83. The molecule has 0 aliphatic carbocycles. The van der Waals surface area contributed by atoms with Gasteiger partial charge in [0.15, 0.2) is 0 Å². The van der Waals surface area contributed by atoms with Gasteiger partial charge in [0, 0.05) is 13.1 Å². The normalized spacial score (nSPS) is 15.6. The molecule has 1 heterocycles. The van der Waals surface area contributed by atoms with Crippen LogP contribution in [0.5, 0.6) is 0 Å². The number of carbonyl (C=O) groups is 2. The summed E-state index contributed by atoms with van der Waals surface area (Å²) in [5.41, 5.74) is 0.402. The Labute approximate surface area is 136 Å². The van der Waals surface area contributed by atoms with E-state index in [0.717, 1.165) is 0 Å². The number of nitrogens with zero attached hydrogens (tertiary/aromatic N) is 1. The minimum atomic E-state index is -0.813. The average Bonchev–Trinajstić information content (AvgIpc) is 2.32. The Morgan fingerprint density at radius 2 is 1.81 bits per heavy atom. The molecule has 8 heteroatoms. The van der Waals surface area contributed by atoms with Gasteiger partial charge in [-0.3, -0.25) is 14.5 Å². The first kappa shape index (κ1) is 16.4. The highest BCUT2D eigenvalue weighted by Crippen LogP contribution is 2.32. The van der Waals surface area contributed by atoms with E-state index >= 15 is 0 Å². The van der Waals surface area contributed by atoms with Crippen molar-refractivity contribution in [1.82, 2.24) is 4.90 Å². The number of carboxylic acid groups (broad SMARTS) is 1. The second-order valence-corrected chi connectivity index (χ2v) is 6.17. The number of carbonyl (C=O) groups excluding carboxylic acids is 1. The van der Waals surface area contributed by atoms with Crippen LogP contribution in [0.3, 0.4) is 0 Å². The fraction of sp³-hybridized carbons (Fsp3) is 0.385. The first-order chi connectivity index (χ1) is 9.85. The van der Waals surface area contributed by atoms with Crippen LogP contribution >= 0.6 is 34.8 Å². The van der Waals surface area contributed by atoms with Crippen molar-refractivity contribution in [2.75, 3.05) is 25.0 Å². The Morgan fingerprint density at radius 3 is 2.43 bits per heavy atom. The van der Waals surface area contributed by atoms with Crippen molar-refractivity contribution in [3.8, 4) is 0 Å². The van der Waals surface area contributed by atoms with Gasteiger partial charge in [-0.2, -0.15) is 0 Å². The maximum absolute atomic E-state index is 11.9. The topological polar surface area (TPSA) is 69.6 Å². The minimum absolute atomic E-state index is 0.115. The number of hydrogen-bond donors (Lipinski definition) is 2. The third-order valence-electron chi connectivity index (χ3n) is 3.15. The molecular weight excluding hydrogens is 339 g/mol. The van der Waals surface area contributed by atoms with Gasteiger partial charge in [0.25, 0.3) is 0 Å². The van der Waals surface area contributed by atoms with Crippen LogP contribution in [-0.4, -0.2) is 41.5 Å². The first-order valence-electron chi connectivity index (χ1n) is 6.23. The lowest BCUT2D eigenvalue weighted by atomic mass is 9.96. The molecule has 1 aliphatic rings. The number of rotatable bonds is 5. The maximum atomic E-state index is 11.9. The van der Waals surface area contributed by atoms with Gasteiger partial charge in [0.1, 0.15) is 0 Å². The molecule has 1 amide bonds. The van der Waals surface area contributed by atoms with Gasteiger partial charge in [-0.05, 0) is 18.1 Å². The predicted molar refractivity (Wildman–Crippen MR) is 82.3 cm³/mol. The molecule has 21 heavy (non-hydrogen) atoms. The van der Waals surface area contributed by atoms with E-state index < -0.39 is 5.97 Å². The molecule has 1 aromatic carbocycles. The first-order valence-corrected chi connectivity index (χ1v) is 7.37. The molecular formula is C13H13Cl3N2O3. The summed E-state index contributed by atoms with van der Waals surface area (Å²) in [6, 6.07) is 2.96. The van der Waals surface area contributed by atoms with Crippen LogP contribution in [0.25, 0.3) is 0 Å². The van der Waals surface area contributed by atoms with Gasteiger partial charge in [-0.1, -0.05) is 34.8 Å². The largest absolute Gasteiger partial charge is 0.481 e. The fourth-order valence-corrected chi connectivity index (χ4v) is 2.79. The standard InChI is InChI=1S/C13H13Cl3N2O3/c14-8-2-10(16)11(3-9(8)15)17-12(19)6-18-4-7(5-18)1-13(20)21/h2-3,7H,1,4-6H2,(H,17,19)(H,20,21). The van der Waals surface area contributed by atoms with E-state index in [-0.39, 0.29) is 24.8 Å². The summed E-state index contributed by atoms with van der Waals surface area (Å²) in [6.45, 7) is 1.40.